The lowest BCUT2D eigenvalue weighted by Gasteiger charge is -2.08. The summed E-state index contributed by atoms with van der Waals surface area (Å²) in [6.45, 7) is 0. The molecule has 2 amide bonds. The fourth-order valence-corrected chi connectivity index (χ4v) is 1.72. The van der Waals surface area contributed by atoms with Crippen molar-refractivity contribution in [3.8, 4) is 5.75 Å². The van der Waals surface area contributed by atoms with Gasteiger partial charge in [0.25, 0.3) is 0 Å². The molecule has 0 radical (unpaired) electrons. The lowest BCUT2D eigenvalue weighted by molar-refractivity contribution is -0.136. The average Bonchev–Trinajstić information content (AvgIpc) is 2.43. The Morgan fingerprint density at radius 3 is 1.81 bits per heavy atom. The Bertz CT molecular complexity index is 636. The minimum Gasteiger partial charge on any atom is -0.508 e. The summed E-state index contributed by atoms with van der Waals surface area (Å²) in [6.07, 6.45) is -0.0556. The number of anilines is 2. The van der Waals surface area contributed by atoms with E-state index in [2.05, 4.69) is 10.6 Å². The molecule has 0 saturated carbocycles. The summed E-state index contributed by atoms with van der Waals surface area (Å²) < 4.78 is 0. The maximum Gasteiger partial charge on any atom is 0.323 e. The van der Waals surface area contributed by atoms with Crippen molar-refractivity contribution >= 4 is 23.4 Å². The summed E-state index contributed by atoms with van der Waals surface area (Å²) in [7, 11) is 0. The topological polar surface area (TPSA) is 98.7 Å². The predicted molar refractivity (Wildman–Crippen MR) is 78.5 cm³/mol. The standard InChI is InChI=1S/C15H14N2O4/c18-13-7-5-12(6-8-13)17-15(21)16-11-3-1-10(2-4-11)9-14(19)20/h1-8,18H,9H2,(H,19,20)(H2,16,17,21). The number of urea groups is 1. The van der Waals surface area contributed by atoms with Gasteiger partial charge < -0.3 is 20.8 Å². The van der Waals surface area contributed by atoms with Crippen molar-refractivity contribution in [3.05, 3.63) is 54.1 Å². The molecule has 0 saturated heterocycles. The van der Waals surface area contributed by atoms with Gasteiger partial charge in [0.2, 0.25) is 0 Å². The summed E-state index contributed by atoms with van der Waals surface area (Å²) in [4.78, 5) is 22.3. The van der Waals surface area contributed by atoms with Gasteiger partial charge in [0, 0.05) is 11.4 Å². The maximum absolute atomic E-state index is 11.8. The zero-order valence-electron chi connectivity index (χ0n) is 11.0. The summed E-state index contributed by atoms with van der Waals surface area (Å²) in [6, 6.07) is 12.2. The van der Waals surface area contributed by atoms with Gasteiger partial charge in [-0.25, -0.2) is 4.79 Å². The molecule has 0 aromatic heterocycles. The van der Waals surface area contributed by atoms with Crippen LogP contribution in [0.4, 0.5) is 16.2 Å². The first-order valence-corrected chi connectivity index (χ1v) is 6.21. The second-order valence-corrected chi connectivity index (χ2v) is 4.39. The third-order valence-electron chi connectivity index (χ3n) is 2.69. The minimum absolute atomic E-state index is 0.0556. The fourth-order valence-electron chi connectivity index (χ4n) is 1.72. The third-order valence-corrected chi connectivity index (χ3v) is 2.69. The van der Waals surface area contributed by atoms with E-state index < -0.39 is 12.0 Å². The first-order valence-electron chi connectivity index (χ1n) is 6.21. The molecule has 2 aromatic carbocycles. The van der Waals surface area contributed by atoms with Crippen LogP contribution in [-0.4, -0.2) is 22.2 Å². The van der Waals surface area contributed by atoms with Crippen LogP contribution in [0, 0.1) is 0 Å². The molecule has 21 heavy (non-hydrogen) atoms. The molecular formula is C15H14N2O4. The van der Waals surface area contributed by atoms with E-state index in [-0.39, 0.29) is 12.2 Å². The number of nitrogens with one attached hydrogen (secondary N) is 2. The van der Waals surface area contributed by atoms with Gasteiger partial charge in [-0.15, -0.1) is 0 Å². The molecule has 0 aliphatic carbocycles. The lowest BCUT2D eigenvalue weighted by atomic mass is 10.1. The Labute approximate surface area is 121 Å². The maximum atomic E-state index is 11.8. The molecule has 0 spiro atoms. The highest BCUT2D eigenvalue weighted by molar-refractivity contribution is 5.99. The molecule has 0 unspecified atom stereocenters. The Morgan fingerprint density at radius 2 is 1.33 bits per heavy atom. The molecule has 0 heterocycles. The van der Waals surface area contributed by atoms with E-state index in [0.717, 1.165) is 0 Å². The molecule has 0 aliphatic heterocycles. The number of hydrogen-bond acceptors (Lipinski definition) is 3. The Balaban J connectivity index is 1.93. The number of aromatic hydroxyl groups is 1. The summed E-state index contributed by atoms with van der Waals surface area (Å²) in [5.74, 6) is -0.782. The monoisotopic (exact) mass is 286 g/mol. The zero-order valence-corrected chi connectivity index (χ0v) is 11.0. The molecule has 6 heteroatoms. The van der Waals surface area contributed by atoms with Crippen molar-refractivity contribution < 1.29 is 19.8 Å². The van der Waals surface area contributed by atoms with Gasteiger partial charge >= 0.3 is 12.0 Å². The number of carbonyl (C=O) groups is 2. The van der Waals surface area contributed by atoms with Crippen LogP contribution in [0.1, 0.15) is 5.56 Å². The summed E-state index contributed by atoms with van der Waals surface area (Å²) in [5, 5.41) is 23.0. The van der Waals surface area contributed by atoms with Gasteiger partial charge in [-0.3, -0.25) is 4.79 Å². The zero-order chi connectivity index (χ0) is 15.2. The van der Waals surface area contributed by atoms with Crippen LogP contribution >= 0.6 is 0 Å². The number of hydrogen-bond donors (Lipinski definition) is 4. The molecule has 2 aromatic rings. The van der Waals surface area contributed by atoms with E-state index in [1.807, 2.05) is 0 Å². The molecule has 0 fully saturated rings. The highest BCUT2D eigenvalue weighted by Gasteiger charge is 2.04. The van der Waals surface area contributed by atoms with Crippen LogP contribution < -0.4 is 10.6 Å². The van der Waals surface area contributed by atoms with Crippen molar-refractivity contribution in [2.75, 3.05) is 10.6 Å². The highest BCUT2D eigenvalue weighted by Crippen LogP contribution is 2.15. The first kappa shape index (κ1) is 14.4. The van der Waals surface area contributed by atoms with Crippen LogP contribution in [0.15, 0.2) is 48.5 Å². The first-order chi connectivity index (χ1) is 10.0. The van der Waals surface area contributed by atoms with Crippen LogP contribution in [0.3, 0.4) is 0 Å². The van der Waals surface area contributed by atoms with E-state index >= 15 is 0 Å². The van der Waals surface area contributed by atoms with Gasteiger partial charge in [-0.1, -0.05) is 12.1 Å². The Hall–Kier alpha value is -3.02. The van der Waals surface area contributed by atoms with Crippen LogP contribution in [-0.2, 0) is 11.2 Å². The number of aliphatic carboxylic acids is 1. The van der Waals surface area contributed by atoms with E-state index in [1.165, 1.54) is 12.1 Å². The van der Waals surface area contributed by atoms with Gasteiger partial charge in [0.15, 0.2) is 0 Å². The number of rotatable bonds is 4. The lowest BCUT2D eigenvalue weighted by Crippen LogP contribution is -2.19. The highest BCUT2D eigenvalue weighted by atomic mass is 16.4. The largest absolute Gasteiger partial charge is 0.508 e. The molecule has 0 atom stereocenters. The second-order valence-electron chi connectivity index (χ2n) is 4.39. The van der Waals surface area contributed by atoms with Gasteiger partial charge in [0.05, 0.1) is 6.42 Å². The van der Waals surface area contributed by atoms with Crippen LogP contribution in [0.25, 0.3) is 0 Å². The smallest absolute Gasteiger partial charge is 0.323 e. The number of carbonyl (C=O) groups excluding carboxylic acids is 1. The predicted octanol–water partition coefficient (Wildman–Crippen LogP) is 2.66. The normalized spacial score (nSPS) is 9.90. The molecule has 6 nitrogen and oxygen atoms in total. The minimum atomic E-state index is -0.902. The average molecular weight is 286 g/mol. The van der Waals surface area contributed by atoms with Crippen LogP contribution in [0.2, 0.25) is 0 Å². The third kappa shape index (κ3) is 4.54. The Morgan fingerprint density at radius 1 is 0.857 bits per heavy atom. The fraction of sp³-hybridized carbons (Fsp3) is 0.0667. The van der Waals surface area contributed by atoms with Crippen molar-refractivity contribution in [2.45, 2.75) is 6.42 Å². The van der Waals surface area contributed by atoms with E-state index in [0.29, 0.717) is 16.9 Å². The number of amides is 2. The van der Waals surface area contributed by atoms with E-state index in [4.69, 9.17) is 10.2 Å². The summed E-state index contributed by atoms with van der Waals surface area (Å²) >= 11 is 0. The molecular weight excluding hydrogens is 272 g/mol. The quantitative estimate of drug-likeness (QED) is 0.649. The van der Waals surface area contributed by atoms with Crippen molar-refractivity contribution in [1.82, 2.24) is 0 Å². The van der Waals surface area contributed by atoms with Crippen LogP contribution in [0.5, 0.6) is 5.75 Å². The Kier molecular flexibility index (Phi) is 4.40. The van der Waals surface area contributed by atoms with E-state index in [1.54, 1.807) is 36.4 Å². The number of benzene rings is 2. The number of phenols is 1. The van der Waals surface area contributed by atoms with Crippen molar-refractivity contribution in [2.24, 2.45) is 0 Å². The molecule has 4 N–H and O–H groups in total. The number of carboxylic acid groups (broad SMARTS) is 1. The number of carboxylic acids is 1. The van der Waals surface area contributed by atoms with E-state index in [9.17, 15) is 9.59 Å². The molecule has 0 bridgehead atoms. The van der Waals surface area contributed by atoms with Crippen molar-refractivity contribution in [3.63, 3.8) is 0 Å². The molecule has 108 valence electrons. The second kappa shape index (κ2) is 6.42. The van der Waals surface area contributed by atoms with Gasteiger partial charge in [0.1, 0.15) is 5.75 Å². The number of phenolic OH excluding ortho intramolecular Hbond substituents is 1. The van der Waals surface area contributed by atoms with Gasteiger partial charge in [-0.2, -0.15) is 0 Å². The van der Waals surface area contributed by atoms with Crippen molar-refractivity contribution in [1.29, 1.82) is 0 Å². The molecule has 0 aliphatic rings. The van der Waals surface area contributed by atoms with Gasteiger partial charge in [-0.05, 0) is 42.0 Å². The summed E-state index contributed by atoms with van der Waals surface area (Å²) in [5.41, 5.74) is 1.76. The molecule has 2 rings (SSSR count). The SMILES string of the molecule is O=C(O)Cc1ccc(NC(=O)Nc2ccc(O)cc2)cc1.